The summed E-state index contributed by atoms with van der Waals surface area (Å²) in [5.41, 5.74) is 2.18. The van der Waals surface area contributed by atoms with Gasteiger partial charge in [-0.2, -0.15) is 5.26 Å². The monoisotopic (exact) mass is 454 g/mol. The Morgan fingerprint density at radius 2 is 1.70 bits per heavy atom. The van der Waals surface area contributed by atoms with E-state index >= 15 is 0 Å². The maximum atomic E-state index is 12.8. The minimum Gasteiger partial charge on any atom is -0.406 e. The standard InChI is InChI=1S/C24H21F3N4O2/c1-29-20-5-3-2-4-18(20)21(19(12-28)22(29)32)30-11-10-23(13-30)14-31(15-23)16-6-8-17(9-7-16)33-24(25,26)27/h2-9H,10-11,13-15H2,1H3. The first-order valence-electron chi connectivity index (χ1n) is 10.6. The molecule has 3 aromatic rings. The summed E-state index contributed by atoms with van der Waals surface area (Å²) in [4.78, 5) is 17.1. The second kappa shape index (κ2) is 7.44. The van der Waals surface area contributed by atoms with Crippen molar-refractivity contribution in [3.8, 4) is 11.8 Å². The van der Waals surface area contributed by atoms with Gasteiger partial charge in [-0.05, 0) is 36.8 Å². The molecule has 0 bridgehead atoms. The van der Waals surface area contributed by atoms with Crippen LogP contribution in [-0.2, 0) is 7.05 Å². The number of alkyl halides is 3. The van der Waals surface area contributed by atoms with Crippen LogP contribution in [0.3, 0.4) is 0 Å². The first-order chi connectivity index (χ1) is 15.7. The van der Waals surface area contributed by atoms with Gasteiger partial charge >= 0.3 is 6.36 Å². The first kappa shape index (κ1) is 21.2. The molecule has 1 aromatic heterocycles. The van der Waals surface area contributed by atoms with E-state index in [1.54, 1.807) is 19.2 Å². The predicted molar refractivity (Wildman–Crippen MR) is 119 cm³/mol. The molecule has 9 heteroatoms. The molecule has 170 valence electrons. The van der Waals surface area contributed by atoms with Crippen molar-refractivity contribution in [2.24, 2.45) is 12.5 Å². The average molecular weight is 454 g/mol. The zero-order valence-electron chi connectivity index (χ0n) is 17.9. The third kappa shape index (κ3) is 3.65. The maximum Gasteiger partial charge on any atom is 0.573 e. The van der Waals surface area contributed by atoms with Gasteiger partial charge < -0.3 is 19.1 Å². The van der Waals surface area contributed by atoms with Gasteiger partial charge in [0, 0.05) is 49.7 Å². The van der Waals surface area contributed by atoms with Crippen molar-refractivity contribution in [2.75, 3.05) is 36.0 Å². The van der Waals surface area contributed by atoms with Crippen molar-refractivity contribution in [1.82, 2.24) is 4.57 Å². The Kier molecular flexibility index (Phi) is 4.78. The lowest BCUT2D eigenvalue weighted by atomic mass is 9.78. The van der Waals surface area contributed by atoms with Gasteiger partial charge in [0.15, 0.2) is 0 Å². The van der Waals surface area contributed by atoms with E-state index in [2.05, 4.69) is 20.6 Å². The van der Waals surface area contributed by atoms with E-state index < -0.39 is 6.36 Å². The van der Waals surface area contributed by atoms with Crippen LogP contribution >= 0.6 is 0 Å². The zero-order chi connectivity index (χ0) is 23.4. The molecular weight excluding hydrogens is 433 g/mol. The minimum absolute atomic E-state index is 0.00997. The minimum atomic E-state index is -4.71. The Balaban J connectivity index is 1.36. The molecule has 2 aliphatic rings. The van der Waals surface area contributed by atoms with Crippen LogP contribution in [0.2, 0.25) is 0 Å². The van der Waals surface area contributed by atoms with Gasteiger partial charge in [-0.3, -0.25) is 4.79 Å². The lowest BCUT2D eigenvalue weighted by Gasteiger charge is -2.49. The van der Waals surface area contributed by atoms with Gasteiger partial charge in [0.1, 0.15) is 17.4 Å². The van der Waals surface area contributed by atoms with E-state index in [-0.39, 0.29) is 22.3 Å². The van der Waals surface area contributed by atoms with Crippen LogP contribution < -0.4 is 20.1 Å². The molecule has 6 nitrogen and oxygen atoms in total. The molecule has 5 rings (SSSR count). The normalized spacial score (nSPS) is 17.3. The van der Waals surface area contributed by atoms with Crippen molar-refractivity contribution in [3.63, 3.8) is 0 Å². The van der Waals surface area contributed by atoms with Crippen molar-refractivity contribution in [3.05, 3.63) is 64.4 Å². The Morgan fingerprint density at radius 1 is 1.03 bits per heavy atom. The van der Waals surface area contributed by atoms with Crippen LogP contribution in [-0.4, -0.2) is 37.1 Å². The van der Waals surface area contributed by atoms with E-state index in [1.165, 1.54) is 16.7 Å². The van der Waals surface area contributed by atoms with E-state index in [4.69, 9.17) is 0 Å². The molecule has 0 aliphatic carbocycles. The summed E-state index contributed by atoms with van der Waals surface area (Å²) in [5, 5.41) is 10.6. The molecule has 2 aromatic carbocycles. The molecule has 0 atom stereocenters. The maximum absolute atomic E-state index is 12.8. The topological polar surface area (TPSA) is 61.5 Å². The molecule has 0 radical (unpaired) electrons. The molecule has 0 saturated carbocycles. The smallest absolute Gasteiger partial charge is 0.406 e. The fourth-order valence-electron chi connectivity index (χ4n) is 5.10. The Morgan fingerprint density at radius 3 is 2.36 bits per heavy atom. The Labute approximate surface area is 188 Å². The third-order valence-electron chi connectivity index (χ3n) is 6.63. The van der Waals surface area contributed by atoms with E-state index in [1.807, 2.05) is 24.3 Å². The van der Waals surface area contributed by atoms with Gasteiger partial charge in [0.05, 0.1) is 11.2 Å². The number of nitriles is 1. The van der Waals surface area contributed by atoms with Crippen LogP contribution in [0, 0.1) is 16.7 Å². The van der Waals surface area contributed by atoms with Gasteiger partial charge in [-0.25, -0.2) is 0 Å². The van der Waals surface area contributed by atoms with Gasteiger partial charge in [0.25, 0.3) is 5.56 Å². The molecule has 2 fully saturated rings. The molecular formula is C24H21F3N4O2. The van der Waals surface area contributed by atoms with Crippen LogP contribution in [0.5, 0.6) is 5.75 Å². The highest BCUT2D eigenvalue weighted by atomic mass is 19.4. The Bertz CT molecular complexity index is 1320. The molecule has 2 saturated heterocycles. The zero-order valence-corrected chi connectivity index (χ0v) is 17.9. The summed E-state index contributed by atoms with van der Waals surface area (Å²) >= 11 is 0. The van der Waals surface area contributed by atoms with Crippen molar-refractivity contribution >= 4 is 22.3 Å². The van der Waals surface area contributed by atoms with Gasteiger partial charge in [0.2, 0.25) is 0 Å². The third-order valence-corrected chi connectivity index (χ3v) is 6.63. The molecule has 0 unspecified atom stereocenters. The highest BCUT2D eigenvalue weighted by Gasteiger charge is 2.48. The molecule has 0 amide bonds. The number of anilines is 2. The molecule has 2 aliphatic heterocycles. The van der Waals surface area contributed by atoms with E-state index in [0.29, 0.717) is 12.2 Å². The largest absolute Gasteiger partial charge is 0.573 e. The number of pyridine rings is 1. The highest BCUT2D eigenvalue weighted by Crippen LogP contribution is 2.44. The quantitative estimate of drug-likeness (QED) is 0.598. The van der Waals surface area contributed by atoms with Gasteiger partial charge in [-0.1, -0.05) is 18.2 Å². The summed E-state index contributed by atoms with van der Waals surface area (Å²) in [7, 11) is 1.68. The second-order valence-corrected chi connectivity index (χ2v) is 8.79. The Hall–Kier alpha value is -3.67. The number of hydrogen-bond donors (Lipinski definition) is 0. The van der Waals surface area contributed by atoms with Crippen molar-refractivity contribution < 1.29 is 17.9 Å². The van der Waals surface area contributed by atoms with Crippen LogP contribution in [0.4, 0.5) is 24.5 Å². The van der Waals surface area contributed by atoms with Crippen LogP contribution in [0.15, 0.2) is 53.3 Å². The lowest BCUT2D eigenvalue weighted by Crippen LogP contribution is -2.57. The van der Waals surface area contributed by atoms with Crippen LogP contribution in [0.1, 0.15) is 12.0 Å². The predicted octanol–water partition coefficient (Wildman–Crippen LogP) is 4.03. The van der Waals surface area contributed by atoms with Crippen molar-refractivity contribution in [2.45, 2.75) is 12.8 Å². The van der Waals surface area contributed by atoms with Crippen molar-refractivity contribution in [1.29, 1.82) is 5.26 Å². The number of rotatable bonds is 3. The van der Waals surface area contributed by atoms with Crippen LogP contribution in [0.25, 0.3) is 10.9 Å². The summed E-state index contributed by atoms with van der Waals surface area (Å²) in [6, 6.07) is 15.6. The summed E-state index contributed by atoms with van der Waals surface area (Å²) in [5.74, 6) is -0.241. The molecule has 33 heavy (non-hydrogen) atoms. The summed E-state index contributed by atoms with van der Waals surface area (Å²) in [6.07, 6.45) is -3.80. The SMILES string of the molecule is Cn1c(=O)c(C#N)c(N2CCC3(CN(c4ccc(OC(F)(F)F)cc4)C3)C2)c2ccccc21. The number of nitrogens with zero attached hydrogens (tertiary/aromatic N) is 4. The number of aryl methyl sites for hydroxylation is 1. The number of fused-ring (bicyclic) bond motifs is 1. The molecule has 3 heterocycles. The fourth-order valence-corrected chi connectivity index (χ4v) is 5.10. The molecule has 1 spiro atoms. The number of hydrogen-bond acceptors (Lipinski definition) is 5. The highest BCUT2D eigenvalue weighted by molar-refractivity contribution is 5.95. The first-order valence-corrected chi connectivity index (χ1v) is 10.6. The average Bonchev–Trinajstić information content (AvgIpc) is 3.20. The summed E-state index contributed by atoms with van der Waals surface area (Å²) < 4.78 is 42.6. The lowest BCUT2D eigenvalue weighted by molar-refractivity contribution is -0.274. The number of ether oxygens (including phenoxy) is 1. The number of para-hydroxylation sites is 1. The number of halogens is 3. The fraction of sp³-hybridized carbons (Fsp3) is 0.333. The summed E-state index contributed by atoms with van der Waals surface area (Å²) in [6.45, 7) is 2.96. The van der Waals surface area contributed by atoms with E-state index in [9.17, 15) is 23.2 Å². The number of aromatic nitrogens is 1. The van der Waals surface area contributed by atoms with Gasteiger partial charge in [-0.15, -0.1) is 13.2 Å². The number of benzene rings is 2. The molecule has 0 N–H and O–H groups in total. The second-order valence-electron chi connectivity index (χ2n) is 8.79. The van der Waals surface area contributed by atoms with E-state index in [0.717, 1.165) is 42.6 Å².